The first-order valence-corrected chi connectivity index (χ1v) is 7.80. The molecule has 3 rings (SSSR count). The number of amides is 1. The number of hydrogen-bond acceptors (Lipinski definition) is 2. The number of rotatable bonds is 5. The van der Waals surface area contributed by atoms with Gasteiger partial charge in [-0.05, 0) is 42.2 Å². The van der Waals surface area contributed by atoms with Crippen LogP contribution in [0.25, 0.3) is 10.8 Å². The van der Waals surface area contributed by atoms with Crippen LogP contribution < -0.4 is 5.73 Å². The highest BCUT2D eigenvalue weighted by molar-refractivity contribution is 6.04. The van der Waals surface area contributed by atoms with Crippen molar-refractivity contribution in [3.05, 3.63) is 42.0 Å². The van der Waals surface area contributed by atoms with Crippen molar-refractivity contribution in [2.75, 3.05) is 12.3 Å². The van der Waals surface area contributed by atoms with Crippen LogP contribution in [0.1, 0.15) is 43.0 Å². The molecule has 0 atom stereocenters. The molecule has 0 radical (unpaired) electrons. The highest BCUT2D eigenvalue weighted by atomic mass is 16.2. The van der Waals surface area contributed by atoms with Gasteiger partial charge >= 0.3 is 0 Å². The molecule has 0 aliphatic heterocycles. The summed E-state index contributed by atoms with van der Waals surface area (Å²) in [5, 5.41) is 2.15. The minimum Gasteiger partial charge on any atom is -0.398 e. The molecule has 1 aliphatic rings. The lowest BCUT2D eigenvalue weighted by atomic mass is 10.0. The quantitative estimate of drug-likeness (QED) is 0.847. The van der Waals surface area contributed by atoms with Gasteiger partial charge in [-0.2, -0.15) is 0 Å². The van der Waals surface area contributed by atoms with E-state index in [0.29, 0.717) is 17.3 Å². The fourth-order valence-corrected chi connectivity index (χ4v) is 2.76. The van der Waals surface area contributed by atoms with E-state index in [2.05, 4.69) is 6.92 Å². The first-order chi connectivity index (χ1) is 10.2. The van der Waals surface area contributed by atoms with Crippen molar-refractivity contribution in [2.24, 2.45) is 0 Å². The summed E-state index contributed by atoms with van der Waals surface area (Å²) in [5.41, 5.74) is 7.36. The Bertz CT molecular complexity index is 661. The molecular formula is C18H22N2O. The van der Waals surface area contributed by atoms with Gasteiger partial charge in [-0.3, -0.25) is 4.79 Å². The van der Waals surface area contributed by atoms with E-state index in [0.717, 1.165) is 43.0 Å². The molecular weight excluding hydrogens is 260 g/mol. The summed E-state index contributed by atoms with van der Waals surface area (Å²) in [6.45, 7) is 2.99. The highest BCUT2D eigenvalue weighted by Crippen LogP contribution is 2.31. The zero-order valence-electron chi connectivity index (χ0n) is 12.5. The molecule has 0 heterocycles. The summed E-state index contributed by atoms with van der Waals surface area (Å²) in [6.07, 6.45) is 4.41. The van der Waals surface area contributed by atoms with E-state index >= 15 is 0 Å². The van der Waals surface area contributed by atoms with Gasteiger partial charge in [-0.1, -0.05) is 37.6 Å². The summed E-state index contributed by atoms with van der Waals surface area (Å²) < 4.78 is 0. The van der Waals surface area contributed by atoms with Gasteiger partial charge in [0, 0.05) is 18.3 Å². The number of anilines is 1. The van der Waals surface area contributed by atoms with Gasteiger partial charge in [0.25, 0.3) is 5.91 Å². The second-order valence-electron chi connectivity index (χ2n) is 5.87. The number of fused-ring (bicyclic) bond motifs is 1. The van der Waals surface area contributed by atoms with E-state index in [1.807, 2.05) is 41.3 Å². The first kappa shape index (κ1) is 13.9. The topological polar surface area (TPSA) is 46.3 Å². The van der Waals surface area contributed by atoms with Crippen LogP contribution in [0.3, 0.4) is 0 Å². The fourth-order valence-electron chi connectivity index (χ4n) is 2.76. The van der Waals surface area contributed by atoms with Crippen molar-refractivity contribution in [1.82, 2.24) is 4.90 Å². The highest BCUT2D eigenvalue weighted by Gasteiger charge is 2.33. The molecule has 2 aromatic carbocycles. The molecule has 2 aromatic rings. The van der Waals surface area contributed by atoms with Crippen molar-refractivity contribution >= 4 is 22.4 Å². The fraction of sp³-hybridized carbons (Fsp3) is 0.389. The number of nitrogens with zero attached hydrogens (tertiary/aromatic N) is 1. The number of carbonyl (C=O) groups is 1. The van der Waals surface area contributed by atoms with Gasteiger partial charge in [0.2, 0.25) is 0 Å². The molecule has 3 nitrogen and oxygen atoms in total. The lowest BCUT2D eigenvalue weighted by Crippen LogP contribution is -2.34. The lowest BCUT2D eigenvalue weighted by molar-refractivity contribution is 0.0742. The summed E-state index contributed by atoms with van der Waals surface area (Å²) in [7, 11) is 0. The first-order valence-electron chi connectivity index (χ1n) is 7.80. The van der Waals surface area contributed by atoms with Crippen LogP contribution in [0.4, 0.5) is 5.69 Å². The smallest absolute Gasteiger partial charge is 0.256 e. The Morgan fingerprint density at radius 3 is 2.52 bits per heavy atom. The molecule has 0 saturated heterocycles. The van der Waals surface area contributed by atoms with E-state index in [4.69, 9.17) is 5.73 Å². The van der Waals surface area contributed by atoms with E-state index in [1.54, 1.807) is 0 Å². The molecule has 110 valence electrons. The molecule has 0 aromatic heterocycles. The largest absolute Gasteiger partial charge is 0.398 e. The van der Waals surface area contributed by atoms with Crippen molar-refractivity contribution in [3.8, 4) is 0 Å². The molecule has 1 saturated carbocycles. The average Bonchev–Trinajstić information content (AvgIpc) is 3.31. The van der Waals surface area contributed by atoms with E-state index in [-0.39, 0.29) is 5.91 Å². The van der Waals surface area contributed by atoms with Crippen molar-refractivity contribution in [1.29, 1.82) is 0 Å². The normalized spacial score (nSPS) is 14.3. The monoisotopic (exact) mass is 282 g/mol. The minimum absolute atomic E-state index is 0.0919. The predicted octanol–water partition coefficient (Wildman–Crippen LogP) is 3.83. The van der Waals surface area contributed by atoms with Crippen molar-refractivity contribution in [3.63, 3.8) is 0 Å². The second kappa shape index (κ2) is 5.76. The molecule has 3 heteroatoms. The number of benzene rings is 2. The van der Waals surface area contributed by atoms with Crippen LogP contribution in [-0.4, -0.2) is 23.4 Å². The van der Waals surface area contributed by atoms with Crippen molar-refractivity contribution in [2.45, 2.75) is 38.6 Å². The summed E-state index contributed by atoms with van der Waals surface area (Å²) in [5.74, 6) is 0.0919. The number of unbranched alkanes of at least 4 members (excludes halogenated alkanes) is 1. The summed E-state index contributed by atoms with van der Waals surface area (Å²) in [6, 6.07) is 12.3. The Kier molecular flexibility index (Phi) is 3.82. The zero-order valence-corrected chi connectivity index (χ0v) is 12.5. The Morgan fingerprint density at radius 1 is 1.24 bits per heavy atom. The number of nitrogen functional groups attached to an aromatic ring is 1. The Hall–Kier alpha value is -2.03. The van der Waals surface area contributed by atoms with Crippen LogP contribution in [0.15, 0.2) is 36.4 Å². The minimum atomic E-state index is 0.0919. The predicted molar refractivity (Wildman–Crippen MR) is 87.3 cm³/mol. The third-order valence-electron chi connectivity index (χ3n) is 4.15. The maximum atomic E-state index is 12.8. The molecule has 2 N–H and O–H groups in total. The molecule has 1 amide bonds. The van der Waals surface area contributed by atoms with Gasteiger partial charge in [-0.25, -0.2) is 0 Å². The summed E-state index contributed by atoms with van der Waals surface area (Å²) in [4.78, 5) is 14.9. The van der Waals surface area contributed by atoms with Gasteiger partial charge in [0.1, 0.15) is 0 Å². The van der Waals surface area contributed by atoms with Gasteiger partial charge in [-0.15, -0.1) is 0 Å². The summed E-state index contributed by atoms with van der Waals surface area (Å²) >= 11 is 0. The number of carbonyl (C=O) groups excluding carboxylic acids is 1. The Morgan fingerprint density at radius 2 is 1.90 bits per heavy atom. The third kappa shape index (κ3) is 2.87. The maximum Gasteiger partial charge on any atom is 0.256 e. The molecule has 0 spiro atoms. The van der Waals surface area contributed by atoms with Crippen LogP contribution in [-0.2, 0) is 0 Å². The zero-order chi connectivity index (χ0) is 14.8. The Balaban J connectivity index is 1.93. The second-order valence-corrected chi connectivity index (χ2v) is 5.87. The number of nitrogens with two attached hydrogens (primary N) is 1. The Labute approximate surface area is 125 Å². The molecule has 0 unspecified atom stereocenters. The third-order valence-corrected chi connectivity index (χ3v) is 4.15. The average molecular weight is 282 g/mol. The molecule has 1 fully saturated rings. The molecule has 0 bridgehead atoms. The van der Waals surface area contributed by atoms with Gasteiger partial charge < -0.3 is 10.6 Å². The van der Waals surface area contributed by atoms with E-state index in [9.17, 15) is 4.79 Å². The van der Waals surface area contributed by atoms with Crippen LogP contribution in [0.2, 0.25) is 0 Å². The van der Waals surface area contributed by atoms with Crippen LogP contribution in [0, 0.1) is 0 Å². The number of hydrogen-bond donors (Lipinski definition) is 1. The molecule has 21 heavy (non-hydrogen) atoms. The van der Waals surface area contributed by atoms with Crippen LogP contribution >= 0.6 is 0 Å². The molecule has 1 aliphatic carbocycles. The standard InChI is InChI=1S/C18H22N2O/c1-2-3-10-20(15-8-9-15)18(21)16-11-13-6-4-5-7-14(13)12-17(16)19/h4-7,11-12,15H,2-3,8-10,19H2,1H3. The van der Waals surface area contributed by atoms with Crippen molar-refractivity contribution < 1.29 is 4.79 Å². The lowest BCUT2D eigenvalue weighted by Gasteiger charge is -2.23. The van der Waals surface area contributed by atoms with E-state index in [1.165, 1.54) is 0 Å². The van der Waals surface area contributed by atoms with Crippen LogP contribution in [0.5, 0.6) is 0 Å². The van der Waals surface area contributed by atoms with Gasteiger partial charge in [0.15, 0.2) is 0 Å². The maximum absolute atomic E-state index is 12.8. The SMILES string of the molecule is CCCCN(C(=O)c1cc2ccccc2cc1N)C1CC1. The van der Waals surface area contributed by atoms with Gasteiger partial charge in [0.05, 0.1) is 5.56 Å². The van der Waals surface area contributed by atoms with E-state index < -0.39 is 0 Å².